The Morgan fingerprint density at radius 1 is 1.14 bits per heavy atom. The molecule has 2 aromatic rings. The summed E-state index contributed by atoms with van der Waals surface area (Å²) < 4.78 is 12.5. The topological polar surface area (TPSA) is 35.5 Å². The van der Waals surface area contributed by atoms with Crippen LogP contribution in [0.4, 0.5) is 0 Å². The summed E-state index contributed by atoms with van der Waals surface area (Å²) >= 11 is 0.228. The van der Waals surface area contributed by atoms with E-state index < -0.39 is 0 Å². The summed E-state index contributed by atoms with van der Waals surface area (Å²) in [4.78, 5) is 11.3. The molecule has 0 fully saturated rings. The van der Waals surface area contributed by atoms with E-state index in [-0.39, 0.29) is 20.5 Å². The number of aryl methyl sites for hydroxylation is 1. The predicted octanol–water partition coefficient (Wildman–Crippen LogP) is 2.65. The standard InChI is InChI=1S/C18H18O3Se/c1-3-21-18(19)13-12-17-11-10-16(22-17)9-6-14-4-7-15(20-2)8-5-14/h4-5,7-8,10-11H,3,12-13H2,1-2H3. The molecule has 2 rings (SSSR count). The summed E-state index contributed by atoms with van der Waals surface area (Å²) in [6, 6.07) is 11.8. The second kappa shape index (κ2) is 8.48. The van der Waals surface area contributed by atoms with Crippen LogP contribution in [0, 0.1) is 11.8 Å². The Labute approximate surface area is 137 Å². The zero-order chi connectivity index (χ0) is 15.8. The number of carbonyl (C=O) groups excluding carboxylic acids is 1. The van der Waals surface area contributed by atoms with Gasteiger partial charge in [-0.05, 0) is 0 Å². The summed E-state index contributed by atoms with van der Waals surface area (Å²) in [6.45, 7) is 2.27. The van der Waals surface area contributed by atoms with E-state index in [1.54, 1.807) is 7.11 Å². The van der Waals surface area contributed by atoms with Crippen molar-refractivity contribution in [2.75, 3.05) is 13.7 Å². The Balaban J connectivity index is 1.94. The number of esters is 1. The Hall–Kier alpha value is -1.95. The van der Waals surface area contributed by atoms with E-state index in [0.717, 1.165) is 22.2 Å². The van der Waals surface area contributed by atoms with Gasteiger partial charge in [0.2, 0.25) is 0 Å². The molecule has 0 N–H and O–H groups in total. The number of hydrogen-bond acceptors (Lipinski definition) is 3. The number of methoxy groups -OCH3 is 1. The third kappa shape index (κ3) is 5.11. The molecule has 22 heavy (non-hydrogen) atoms. The van der Waals surface area contributed by atoms with Crippen LogP contribution in [0.5, 0.6) is 5.75 Å². The van der Waals surface area contributed by atoms with Crippen LogP contribution in [0.2, 0.25) is 0 Å². The van der Waals surface area contributed by atoms with E-state index in [0.29, 0.717) is 13.0 Å². The van der Waals surface area contributed by atoms with Crippen LogP contribution in [0.15, 0.2) is 36.4 Å². The number of carbonyl (C=O) groups is 1. The van der Waals surface area contributed by atoms with E-state index >= 15 is 0 Å². The fourth-order valence-corrected chi connectivity index (χ4v) is 3.65. The van der Waals surface area contributed by atoms with Crippen molar-refractivity contribution in [2.24, 2.45) is 0 Å². The second-order valence-electron chi connectivity index (χ2n) is 4.55. The van der Waals surface area contributed by atoms with Gasteiger partial charge in [-0.1, -0.05) is 0 Å². The first-order chi connectivity index (χ1) is 10.7. The van der Waals surface area contributed by atoms with Gasteiger partial charge < -0.3 is 0 Å². The molecule has 0 aliphatic heterocycles. The minimum atomic E-state index is -0.128. The molecule has 1 heterocycles. The maximum absolute atomic E-state index is 11.3. The summed E-state index contributed by atoms with van der Waals surface area (Å²) in [6.07, 6.45) is 1.22. The van der Waals surface area contributed by atoms with Crippen LogP contribution in [-0.4, -0.2) is 34.2 Å². The first kappa shape index (κ1) is 16.4. The zero-order valence-electron chi connectivity index (χ0n) is 12.7. The summed E-state index contributed by atoms with van der Waals surface area (Å²) in [5.74, 6) is 7.07. The number of benzene rings is 1. The molecule has 0 saturated carbocycles. The third-order valence-electron chi connectivity index (χ3n) is 2.96. The van der Waals surface area contributed by atoms with Crippen molar-refractivity contribution in [1.82, 2.24) is 0 Å². The van der Waals surface area contributed by atoms with Crippen molar-refractivity contribution < 1.29 is 14.3 Å². The molecule has 1 aromatic carbocycles. The molecule has 0 aliphatic carbocycles. The van der Waals surface area contributed by atoms with Crippen LogP contribution in [-0.2, 0) is 16.0 Å². The van der Waals surface area contributed by atoms with E-state index in [4.69, 9.17) is 9.47 Å². The van der Waals surface area contributed by atoms with Gasteiger partial charge in [0, 0.05) is 0 Å². The van der Waals surface area contributed by atoms with Gasteiger partial charge in [0.25, 0.3) is 0 Å². The molecule has 0 amide bonds. The van der Waals surface area contributed by atoms with Gasteiger partial charge in [0.15, 0.2) is 0 Å². The quantitative estimate of drug-likeness (QED) is 0.467. The molecule has 0 bridgehead atoms. The summed E-state index contributed by atoms with van der Waals surface area (Å²) in [5.41, 5.74) is 0.970. The van der Waals surface area contributed by atoms with Crippen LogP contribution in [0.25, 0.3) is 0 Å². The second-order valence-corrected chi connectivity index (χ2v) is 7.00. The zero-order valence-corrected chi connectivity index (χ0v) is 14.4. The van der Waals surface area contributed by atoms with Crippen molar-refractivity contribution in [1.29, 1.82) is 0 Å². The van der Waals surface area contributed by atoms with Gasteiger partial charge in [-0.25, -0.2) is 0 Å². The first-order valence-electron chi connectivity index (χ1n) is 7.11. The molecule has 0 spiro atoms. The molecule has 1 aromatic heterocycles. The number of ether oxygens (including phenoxy) is 2. The van der Waals surface area contributed by atoms with Gasteiger partial charge in [-0.15, -0.1) is 0 Å². The van der Waals surface area contributed by atoms with Gasteiger partial charge in [0.1, 0.15) is 0 Å². The molecule has 0 radical (unpaired) electrons. The normalized spacial score (nSPS) is 9.73. The molecule has 0 unspecified atom stereocenters. The predicted molar refractivity (Wildman–Crippen MR) is 87.3 cm³/mol. The van der Waals surface area contributed by atoms with E-state index in [1.807, 2.05) is 31.2 Å². The molecular weight excluding hydrogens is 343 g/mol. The Morgan fingerprint density at radius 3 is 2.59 bits per heavy atom. The SMILES string of the molecule is CCOC(=O)CCc1ccc(C#Cc2ccc(OC)cc2)[se]1. The minimum absolute atomic E-state index is 0.128. The molecule has 0 aliphatic rings. The Bertz CT molecular complexity index is 674. The first-order valence-corrected chi connectivity index (χ1v) is 8.83. The van der Waals surface area contributed by atoms with E-state index in [2.05, 4.69) is 24.0 Å². The van der Waals surface area contributed by atoms with Crippen molar-refractivity contribution in [3.63, 3.8) is 0 Å². The third-order valence-corrected chi connectivity index (χ3v) is 5.19. The van der Waals surface area contributed by atoms with Crippen molar-refractivity contribution >= 4 is 20.5 Å². The number of hydrogen-bond donors (Lipinski definition) is 0. The average Bonchev–Trinajstić information content (AvgIpc) is 3.00. The van der Waals surface area contributed by atoms with Crippen molar-refractivity contribution in [3.8, 4) is 17.6 Å². The monoisotopic (exact) mass is 362 g/mol. The molecule has 114 valence electrons. The Morgan fingerprint density at radius 2 is 1.91 bits per heavy atom. The molecular formula is C18H18O3Se. The summed E-state index contributed by atoms with van der Waals surface area (Å²) in [5, 5.41) is 0. The fraction of sp³-hybridized carbons (Fsp3) is 0.278. The van der Waals surface area contributed by atoms with Crippen LogP contribution in [0.1, 0.15) is 27.8 Å². The fourth-order valence-electron chi connectivity index (χ4n) is 1.85. The number of rotatable bonds is 5. The van der Waals surface area contributed by atoms with Crippen LogP contribution in [0.3, 0.4) is 0 Å². The van der Waals surface area contributed by atoms with E-state index in [9.17, 15) is 4.79 Å². The summed E-state index contributed by atoms with van der Waals surface area (Å²) in [7, 11) is 1.65. The molecule has 4 heteroatoms. The van der Waals surface area contributed by atoms with E-state index in [1.165, 1.54) is 4.44 Å². The molecule has 0 saturated heterocycles. The van der Waals surface area contributed by atoms with Gasteiger partial charge in [-0.2, -0.15) is 0 Å². The Kier molecular flexibility index (Phi) is 6.33. The maximum atomic E-state index is 11.3. The van der Waals surface area contributed by atoms with Gasteiger partial charge >= 0.3 is 137 Å². The van der Waals surface area contributed by atoms with Crippen molar-refractivity contribution in [2.45, 2.75) is 19.8 Å². The van der Waals surface area contributed by atoms with Gasteiger partial charge in [-0.3, -0.25) is 0 Å². The van der Waals surface area contributed by atoms with Crippen LogP contribution >= 0.6 is 0 Å². The van der Waals surface area contributed by atoms with Crippen molar-refractivity contribution in [3.05, 3.63) is 50.8 Å². The van der Waals surface area contributed by atoms with Crippen LogP contribution < -0.4 is 4.74 Å². The van der Waals surface area contributed by atoms with Gasteiger partial charge in [0.05, 0.1) is 0 Å². The average molecular weight is 361 g/mol. The molecule has 3 nitrogen and oxygen atoms in total. The molecule has 0 atom stereocenters.